The summed E-state index contributed by atoms with van der Waals surface area (Å²) in [6.07, 6.45) is 1.52. The van der Waals surface area contributed by atoms with Crippen molar-refractivity contribution in [3.8, 4) is 11.1 Å². The van der Waals surface area contributed by atoms with Gasteiger partial charge in [0.1, 0.15) is 0 Å². The summed E-state index contributed by atoms with van der Waals surface area (Å²) in [5.74, 6) is -2.75. The van der Waals surface area contributed by atoms with Gasteiger partial charge in [0.05, 0.1) is 22.5 Å². The molecule has 1 aromatic heterocycles. The van der Waals surface area contributed by atoms with Gasteiger partial charge in [-0.3, -0.25) is 4.79 Å². The molecule has 0 aliphatic carbocycles. The molecule has 3 aromatic carbocycles. The van der Waals surface area contributed by atoms with Gasteiger partial charge in [-0.1, -0.05) is 44.2 Å². The van der Waals surface area contributed by atoms with Crippen molar-refractivity contribution in [2.24, 2.45) is 0 Å². The van der Waals surface area contributed by atoms with Crippen molar-refractivity contribution in [1.82, 2.24) is 20.7 Å². The number of aromatic nitrogens is 3. The molecule has 1 amide bonds. The zero-order valence-electron chi connectivity index (χ0n) is 19.6. The van der Waals surface area contributed by atoms with E-state index in [1.807, 2.05) is 24.3 Å². The summed E-state index contributed by atoms with van der Waals surface area (Å²) in [5.41, 5.74) is 2.29. The van der Waals surface area contributed by atoms with E-state index in [9.17, 15) is 22.0 Å². The third kappa shape index (κ3) is 5.65. The van der Waals surface area contributed by atoms with Crippen LogP contribution in [0.1, 0.15) is 35.5 Å². The molecule has 0 aliphatic rings. The Hall–Kier alpha value is -3.92. The van der Waals surface area contributed by atoms with E-state index < -0.39 is 32.8 Å². The summed E-state index contributed by atoms with van der Waals surface area (Å²) in [6, 6.07) is 17.0. The van der Waals surface area contributed by atoms with Gasteiger partial charge >= 0.3 is 0 Å². The van der Waals surface area contributed by atoms with E-state index in [0.717, 1.165) is 28.8 Å². The average Bonchev–Trinajstić information content (AvgIpc) is 3.40. The number of carbonyl (C=O) groups excluding carboxylic acids is 1. The van der Waals surface area contributed by atoms with Crippen LogP contribution < -0.4 is 5.32 Å². The zero-order chi connectivity index (χ0) is 25.9. The Labute approximate surface area is 207 Å². The first-order chi connectivity index (χ1) is 17.0. The molecule has 4 aromatic rings. The van der Waals surface area contributed by atoms with E-state index in [4.69, 9.17) is 0 Å². The fourth-order valence-electron chi connectivity index (χ4n) is 3.80. The Morgan fingerprint density at radius 2 is 1.72 bits per heavy atom. The number of benzene rings is 3. The Balaban J connectivity index is 1.45. The van der Waals surface area contributed by atoms with Crippen LogP contribution in [0.3, 0.4) is 0 Å². The molecule has 7 nitrogen and oxygen atoms in total. The van der Waals surface area contributed by atoms with E-state index in [2.05, 4.69) is 20.7 Å². The lowest BCUT2D eigenvalue weighted by molar-refractivity contribution is 0.0950. The minimum atomic E-state index is -3.58. The van der Waals surface area contributed by atoms with Crippen molar-refractivity contribution in [2.45, 2.75) is 30.7 Å². The van der Waals surface area contributed by atoms with Crippen LogP contribution in [0.5, 0.6) is 0 Å². The number of nitrogens with one attached hydrogen (secondary N) is 2. The molecule has 10 heteroatoms. The first-order valence-electron chi connectivity index (χ1n) is 11.1. The Kier molecular flexibility index (Phi) is 6.98. The van der Waals surface area contributed by atoms with Gasteiger partial charge in [0.2, 0.25) is 0 Å². The second-order valence-electron chi connectivity index (χ2n) is 9.03. The van der Waals surface area contributed by atoms with E-state index in [-0.39, 0.29) is 22.8 Å². The highest BCUT2D eigenvalue weighted by atomic mass is 32.2. The summed E-state index contributed by atoms with van der Waals surface area (Å²) >= 11 is 0. The molecule has 0 aliphatic heterocycles. The second kappa shape index (κ2) is 9.98. The number of H-pyrrole nitrogens is 1. The fourth-order valence-corrected chi connectivity index (χ4v) is 5.61. The van der Waals surface area contributed by atoms with Gasteiger partial charge in [0, 0.05) is 17.5 Å². The number of aromatic amines is 1. The van der Waals surface area contributed by atoms with Crippen LogP contribution in [0.4, 0.5) is 8.78 Å². The van der Waals surface area contributed by atoms with Gasteiger partial charge in [0.25, 0.3) is 5.91 Å². The number of carbonyl (C=O) groups is 1. The summed E-state index contributed by atoms with van der Waals surface area (Å²) in [6.45, 7) is 3.77. The quantitative estimate of drug-likeness (QED) is 0.365. The molecule has 0 spiro atoms. The molecule has 0 saturated carbocycles. The van der Waals surface area contributed by atoms with Crippen molar-refractivity contribution >= 4 is 15.7 Å². The van der Waals surface area contributed by atoms with Crippen molar-refractivity contribution < 1.29 is 22.0 Å². The van der Waals surface area contributed by atoms with E-state index >= 15 is 0 Å². The maximum Gasteiger partial charge on any atom is 0.251 e. The maximum absolute atomic E-state index is 13.4. The lowest BCUT2D eigenvalue weighted by Crippen LogP contribution is -2.28. The van der Waals surface area contributed by atoms with Gasteiger partial charge in [-0.25, -0.2) is 17.2 Å². The number of rotatable bonds is 8. The molecule has 0 saturated heterocycles. The smallest absolute Gasteiger partial charge is 0.251 e. The van der Waals surface area contributed by atoms with Crippen LogP contribution in [-0.4, -0.2) is 35.5 Å². The van der Waals surface area contributed by atoms with Crippen LogP contribution in [0.2, 0.25) is 0 Å². The Morgan fingerprint density at radius 1 is 0.972 bits per heavy atom. The largest absolute Gasteiger partial charge is 0.348 e. The first-order valence-corrected chi connectivity index (χ1v) is 12.7. The van der Waals surface area contributed by atoms with E-state index in [1.165, 1.54) is 12.3 Å². The second-order valence-corrected chi connectivity index (χ2v) is 11.0. The van der Waals surface area contributed by atoms with Crippen LogP contribution in [-0.2, 0) is 21.8 Å². The SMILES string of the molecule is CC(C)(CS(=O)(=O)c1ccc(-c2cccc(CNC(=O)c3ccc(F)c(F)c3)c2)cc1)c1cn[nH]n1. The van der Waals surface area contributed by atoms with E-state index in [0.29, 0.717) is 5.69 Å². The van der Waals surface area contributed by atoms with Crippen LogP contribution in [0.25, 0.3) is 11.1 Å². The molecule has 0 fully saturated rings. The van der Waals surface area contributed by atoms with Crippen molar-refractivity contribution in [2.75, 3.05) is 5.75 Å². The fraction of sp³-hybridized carbons (Fsp3) is 0.192. The van der Waals surface area contributed by atoms with Gasteiger partial charge in [0.15, 0.2) is 21.5 Å². The molecule has 2 N–H and O–H groups in total. The van der Waals surface area contributed by atoms with Gasteiger partial charge < -0.3 is 5.32 Å². The molecule has 0 bridgehead atoms. The first kappa shape index (κ1) is 25.2. The number of hydrogen-bond donors (Lipinski definition) is 2. The summed E-state index contributed by atoms with van der Waals surface area (Å²) in [5, 5.41) is 13.0. The Morgan fingerprint density at radius 3 is 2.39 bits per heavy atom. The monoisotopic (exact) mass is 510 g/mol. The Bertz CT molecular complexity index is 1490. The predicted octanol–water partition coefficient (Wildman–Crippen LogP) is 4.43. The van der Waals surface area contributed by atoms with Crippen molar-refractivity contribution in [1.29, 1.82) is 0 Å². The van der Waals surface area contributed by atoms with Crippen LogP contribution in [0.15, 0.2) is 77.8 Å². The van der Waals surface area contributed by atoms with E-state index in [1.54, 1.807) is 38.1 Å². The lowest BCUT2D eigenvalue weighted by atomic mass is 9.93. The van der Waals surface area contributed by atoms with Crippen LogP contribution >= 0.6 is 0 Å². The standard InChI is InChI=1S/C26H24F2N4O3S/c1-26(2,24-15-30-32-31-24)16-36(34,35)21-9-6-18(7-10-21)19-5-3-4-17(12-19)14-29-25(33)20-8-11-22(27)23(28)13-20/h3-13,15H,14,16H2,1-2H3,(H,29,33)(H,30,31,32). The molecular weight excluding hydrogens is 486 g/mol. The average molecular weight is 511 g/mol. The highest BCUT2D eigenvalue weighted by molar-refractivity contribution is 7.91. The van der Waals surface area contributed by atoms with Gasteiger partial charge in [-0.15, -0.1) is 0 Å². The van der Waals surface area contributed by atoms with Crippen molar-refractivity contribution in [3.05, 3.63) is 101 Å². The highest BCUT2D eigenvalue weighted by Crippen LogP contribution is 2.28. The molecular formula is C26H24F2N4O3S. The summed E-state index contributed by atoms with van der Waals surface area (Å²) < 4.78 is 52.5. The molecule has 0 unspecified atom stereocenters. The summed E-state index contributed by atoms with van der Waals surface area (Å²) in [4.78, 5) is 12.5. The molecule has 0 atom stereocenters. The minimum Gasteiger partial charge on any atom is -0.348 e. The maximum atomic E-state index is 13.4. The minimum absolute atomic E-state index is 0.0218. The molecule has 186 valence electrons. The topological polar surface area (TPSA) is 105 Å². The predicted molar refractivity (Wildman–Crippen MR) is 131 cm³/mol. The number of nitrogens with zero attached hydrogens (tertiary/aromatic N) is 2. The van der Waals surface area contributed by atoms with Gasteiger partial charge in [-0.2, -0.15) is 15.4 Å². The lowest BCUT2D eigenvalue weighted by Gasteiger charge is -2.21. The molecule has 36 heavy (non-hydrogen) atoms. The number of sulfone groups is 1. The van der Waals surface area contributed by atoms with Crippen molar-refractivity contribution in [3.63, 3.8) is 0 Å². The zero-order valence-corrected chi connectivity index (χ0v) is 20.4. The third-order valence-electron chi connectivity index (χ3n) is 5.77. The third-order valence-corrected chi connectivity index (χ3v) is 7.86. The van der Waals surface area contributed by atoms with Gasteiger partial charge in [-0.05, 0) is 53.1 Å². The number of hydrogen-bond acceptors (Lipinski definition) is 5. The summed E-state index contributed by atoms with van der Waals surface area (Å²) in [7, 11) is -3.58. The highest BCUT2D eigenvalue weighted by Gasteiger charge is 2.31. The molecule has 4 rings (SSSR count). The van der Waals surface area contributed by atoms with Crippen LogP contribution in [0, 0.1) is 11.6 Å². The number of halogens is 2. The number of amides is 1. The normalized spacial score (nSPS) is 11.9. The molecule has 1 heterocycles. The molecule has 0 radical (unpaired) electrons.